The first-order chi connectivity index (χ1) is 8.54. The van der Waals surface area contributed by atoms with E-state index in [0.29, 0.717) is 5.56 Å². The van der Waals surface area contributed by atoms with Crippen molar-refractivity contribution in [3.63, 3.8) is 0 Å². The third-order valence-electron chi connectivity index (χ3n) is 2.41. The zero-order valence-electron chi connectivity index (χ0n) is 10.5. The van der Waals surface area contributed by atoms with Crippen LogP contribution in [-0.2, 0) is 10.5 Å². The molecule has 1 rings (SSSR count). The van der Waals surface area contributed by atoms with Gasteiger partial charge in [-0.15, -0.1) is 0 Å². The lowest BCUT2D eigenvalue weighted by Gasteiger charge is -2.09. The fourth-order valence-corrected chi connectivity index (χ4v) is 1.95. The predicted octanol–water partition coefficient (Wildman–Crippen LogP) is 2.14. The van der Waals surface area contributed by atoms with E-state index in [1.54, 1.807) is 12.1 Å². The van der Waals surface area contributed by atoms with Crippen LogP contribution in [0.1, 0.15) is 29.8 Å². The molecule has 0 aromatic heterocycles. The molecular formula is C13H17NO3S. The second-order valence-electron chi connectivity index (χ2n) is 3.87. The number of nitrogens with one attached hydrogen (secondary N) is 1. The molecule has 18 heavy (non-hydrogen) atoms. The lowest BCUT2D eigenvalue weighted by Crippen LogP contribution is -2.38. The number of thioether (sulfide) groups is 1. The number of carboxylic acids is 1. The van der Waals surface area contributed by atoms with Crippen molar-refractivity contribution in [3.05, 3.63) is 35.4 Å². The van der Waals surface area contributed by atoms with Crippen molar-refractivity contribution >= 4 is 23.6 Å². The van der Waals surface area contributed by atoms with Crippen LogP contribution in [0, 0.1) is 0 Å². The Morgan fingerprint density at radius 1 is 1.33 bits per heavy atom. The van der Waals surface area contributed by atoms with Crippen LogP contribution >= 0.6 is 11.8 Å². The summed E-state index contributed by atoms with van der Waals surface area (Å²) < 4.78 is 0. The van der Waals surface area contributed by atoms with Crippen LogP contribution in [0.5, 0.6) is 0 Å². The molecule has 1 aromatic rings. The molecule has 0 unspecified atom stereocenters. The Hall–Kier alpha value is -1.49. The molecule has 0 aliphatic carbocycles. The molecule has 1 amide bonds. The molecule has 5 heteroatoms. The van der Waals surface area contributed by atoms with E-state index >= 15 is 0 Å². The molecule has 0 spiro atoms. The average molecular weight is 267 g/mol. The smallest absolute Gasteiger partial charge is 0.325 e. The summed E-state index contributed by atoms with van der Waals surface area (Å²) in [6.45, 7) is 3.53. The van der Waals surface area contributed by atoms with E-state index in [4.69, 9.17) is 5.11 Å². The second-order valence-corrected chi connectivity index (χ2v) is 5.14. The van der Waals surface area contributed by atoms with E-state index in [-0.39, 0.29) is 5.91 Å². The number of hydrogen-bond acceptors (Lipinski definition) is 3. The molecule has 98 valence electrons. The van der Waals surface area contributed by atoms with E-state index in [9.17, 15) is 9.59 Å². The van der Waals surface area contributed by atoms with Crippen LogP contribution < -0.4 is 5.32 Å². The number of benzene rings is 1. The van der Waals surface area contributed by atoms with Crippen molar-refractivity contribution in [2.24, 2.45) is 0 Å². The SMILES string of the molecule is CCSCc1ccc(C(=O)N[C@@H](C)C(=O)O)cc1. The maximum absolute atomic E-state index is 11.7. The number of carbonyl (C=O) groups excluding carboxylic acids is 1. The summed E-state index contributed by atoms with van der Waals surface area (Å²) in [6, 6.07) is 6.34. The van der Waals surface area contributed by atoms with Crippen molar-refractivity contribution in [1.29, 1.82) is 0 Å². The van der Waals surface area contributed by atoms with Gasteiger partial charge in [0, 0.05) is 11.3 Å². The van der Waals surface area contributed by atoms with Gasteiger partial charge in [-0.05, 0) is 30.4 Å². The molecule has 0 aliphatic heterocycles. The normalized spacial score (nSPS) is 11.9. The summed E-state index contributed by atoms with van der Waals surface area (Å²) >= 11 is 1.81. The Bertz CT molecular complexity index is 417. The minimum atomic E-state index is -1.04. The highest BCUT2D eigenvalue weighted by atomic mass is 32.2. The van der Waals surface area contributed by atoms with Gasteiger partial charge in [-0.25, -0.2) is 0 Å². The van der Waals surface area contributed by atoms with E-state index < -0.39 is 12.0 Å². The highest BCUT2D eigenvalue weighted by Gasteiger charge is 2.14. The number of aliphatic carboxylic acids is 1. The predicted molar refractivity (Wildman–Crippen MR) is 72.8 cm³/mol. The molecule has 1 aromatic carbocycles. The first kappa shape index (κ1) is 14.6. The number of hydrogen-bond donors (Lipinski definition) is 2. The number of carboxylic acid groups (broad SMARTS) is 1. The molecule has 0 saturated carbocycles. The summed E-state index contributed by atoms with van der Waals surface area (Å²) in [5, 5.41) is 11.1. The number of amides is 1. The molecule has 2 N–H and O–H groups in total. The molecule has 0 bridgehead atoms. The van der Waals surface area contributed by atoms with Crippen molar-refractivity contribution in [2.75, 3.05) is 5.75 Å². The highest BCUT2D eigenvalue weighted by molar-refractivity contribution is 7.98. The fourth-order valence-electron chi connectivity index (χ4n) is 1.31. The van der Waals surface area contributed by atoms with Crippen LogP contribution in [0.3, 0.4) is 0 Å². The molecule has 0 heterocycles. The standard InChI is InChI=1S/C13H17NO3S/c1-3-18-8-10-4-6-11(7-5-10)12(15)14-9(2)13(16)17/h4-7,9H,3,8H2,1-2H3,(H,14,15)(H,16,17)/t9-/m0/s1. The monoisotopic (exact) mass is 267 g/mol. The van der Waals surface area contributed by atoms with E-state index in [1.165, 1.54) is 6.92 Å². The maximum atomic E-state index is 11.7. The number of carbonyl (C=O) groups is 2. The van der Waals surface area contributed by atoms with Crippen molar-refractivity contribution in [2.45, 2.75) is 25.6 Å². The van der Waals surface area contributed by atoms with Crippen LogP contribution in [0.25, 0.3) is 0 Å². The van der Waals surface area contributed by atoms with Crippen molar-refractivity contribution in [1.82, 2.24) is 5.32 Å². The maximum Gasteiger partial charge on any atom is 0.325 e. The molecule has 0 saturated heterocycles. The van der Waals surface area contributed by atoms with Crippen molar-refractivity contribution < 1.29 is 14.7 Å². The minimum absolute atomic E-state index is 0.361. The van der Waals surface area contributed by atoms with Gasteiger partial charge in [-0.3, -0.25) is 9.59 Å². The van der Waals surface area contributed by atoms with Gasteiger partial charge in [0.1, 0.15) is 6.04 Å². The van der Waals surface area contributed by atoms with Gasteiger partial charge < -0.3 is 10.4 Å². The summed E-state index contributed by atoms with van der Waals surface area (Å²) in [6.07, 6.45) is 0. The second kappa shape index (κ2) is 7.06. The zero-order chi connectivity index (χ0) is 13.5. The van der Waals surface area contributed by atoms with Crippen LogP contribution in [-0.4, -0.2) is 28.8 Å². The number of rotatable bonds is 6. The minimum Gasteiger partial charge on any atom is -0.480 e. The molecule has 0 aliphatic rings. The van der Waals surface area contributed by atoms with Gasteiger partial charge >= 0.3 is 5.97 Å². The zero-order valence-corrected chi connectivity index (χ0v) is 11.3. The molecular weight excluding hydrogens is 250 g/mol. The van der Waals surface area contributed by atoms with Crippen molar-refractivity contribution in [3.8, 4) is 0 Å². The van der Waals surface area contributed by atoms with Crippen LogP contribution in [0.15, 0.2) is 24.3 Å². The van der Waals surface area contributed by atoms with Crippen LogP contribution in [0.2, 0.25) is 0 Å². The van der Waals surface area contributed by atoms with Gasteiger partial charge in [0.2, 0.25) is 0 Å². The third-order valence-corrected chi connectivity index (χ3v) is 3.35. The summed E-state index contributed by atoms with van der Waals surface area (Å²) in [7, 11) is 0. The van der Waals surface area contributed by atoms with Gasteiger partial charge in [-0.2, -0.15) is 11.8 Å². The summed E-state index contributed by atoms with van der Waals surface area (Å²) in [5.74, 6) is 0.571. The summed E-state index contributed by atoms with van der Waals surface area (Å²) in [5.41, 5.74) is 1.64. The van der Waals surface area contributed by atoms with E-state index in [2.05, 4.69) is 12.2 Å². The Morgan fingerprint density at radius 3 is 2.44 bits per heavy atom. The topological polar surface area (TPSA) is 66.4 Å². The molecule has 1 atom stereocenters. The molecule has 0 radical (unpaired) electrons. The molecule has 4 nitrogen and oxygen atoms in total. The highest BCUT2D eigenvalue weighted by Crippen LogP contribution is 2.12. The van der Waals surface area contributed by atoms with Crippen LogP contribution in [0.4, 0.5) is 0 Å². The van der Waals surface area contributed by atoms with Gasteiger partial charge in [0.05, 0.1) is 0 Å². The van der Waals surface area contributed by atoms with E-state index in [1.807, 2.05) is 23.9 Å². The van der Waals surface area contributed by atoms with Gasteiger partial charge in [-0.1, -0.05) is 19.1 Å². The Labute approximate surface area is 111 Å². The lowest BCUT2D eigenvalue weighted by molar-refractivity contribution is -0.138. The van der Waals surface area contributed by atoms with Gasteiger partial charge in [0.15, 0.2) is 0 Å². The first-order valence-electron chi connectivity index (χ1n) is 5.75. The van der Waals surface area contributed by atoms with Gasteiger partial charge in [0.25, 0.3) is 5.91 Å². The largest absolute Gasteiger partial charge is 0.480 e. The third kappa shape index (κ3) is 4.41. The molecule has 0 fully saturated rings. The fraction of sp³-hybridized carbons (Fsp3) is 0.385. The van der Waals surface area contributed by atoms with E-state index in [0.717, 1.165) is 17.1 Å². The summed E-state index contributed by atoms with van der Waals surface area (Å²) in [4.78, 5) is 22.3. The Kier molecular flexibility index (Phi) is 5.71. The quantitative estimate of drug-likeness (QED) is 0.828. The first-order valence-corrected chi connectivity index (χ1v) is 6.90. The lowest BCUT2D eigenvalue weighted by atomic mass is 10.1. The Balaban J connectivity index is 2.61. The Morgan fingerprint density at radius 2 is 1.94 bits per heavy atom. The average Bonchev–Trinajstić information content (AvgIpc) is 2.36.